The molecule has 0 amide bonds. The van der Waals surface area contributed by atoms with E-state index in [0.29, 0.717) is 0 Å². The van der Waals surface area contributed by atoms with Crippen LogP contribution in [0.5, 0.6) is 0 Å². The molecule has 0 aliphatic heterocycles. The Morgan fingerprint density at radius 2 is 2.14 bits per heavy atom. The van der Waals surface area contributed by atoms with Crippen LogP contribution in [0.2, 0.25) is 0 Å². The monoisotopic (exact) mass is 300 g/mol. The third-order valence-corrected chi connectivity index (χ3v) is 2.56. The van der Waals surface area contributed by atoms with Gasteiger partial charge in [-0.2, -0.15) is 18.3 Å². The Labute approximate surface area is 117 Å². The first kappa shape index (κ1) is 14.8. The van der Waals surface area contributed by atoms with Crippen molar-refractivity contribution in [2.24, 2.45) is 0 Å². The second kappa shape index (κ2) is 5.43. The van der Waals surface area contributed by atoms with Crippen LogP contribution in [-0.2, 0) is 10.9 Å². The SMILES string of the molecule is CCOC(=O)c1ccnc(-n2ccc(C(F)(F)F)n2)c1N. The molecule has 2 aromatic heterocycles. The minimum atomic E-state index is -4.57. The van der Waals surface area contributed by atoms with Crippen molar-refractivity contribution in [1.82, 2.24) is 14.8 Å². The van der Waals surface area contributed by atoms with Crippen molar-refractivity contribution in [2.45, 2.75) is 13.1 Å². The van der Waals surface area contributed by atoms with Crippen LogP contribution >= 0.6 is 0 Å². The fourth-order valence-electron chi connectivity index (χ4n) is 1.62. The van der Waals surface area contributed by atoms with Crippen molar-refractivity contribution in [3.05, 3.63) is 35.8 Å². The summed E-state index contributed by atoms with van der Waals surface area (Å²) in [4.78, 5) is 15.5. The summed E-state index contributed by atoms with van der Waals surface area (Å²) in [7, 11) is 0. The van der Waals surface area contributed by atoms with Crippen molar-refractivity contribution in [3.8, 4) is 5.82 Å². The Morgan fingerprint density at radius 3 is 2.71 bits per heavy atom. The number of anilines is 1. The van der Waals surface area contributed by atoms with E-state index in [2.05, 4.69) is 10.1 Å². The summed E-state index contributed by atoms with van der Waals surface area (Å²) in [5, 5.41) is 3.36. The van der Waals surface area contributed by atoms with Gasteiger partial charge < -0.3 is 10.5 Å². The standard InChI is InChI=1S/C12H11F3N4O2/c1-2-21-11(20)7-3-5-17-10(9(7)16)19-6-4-8(18-19)12(13,14)15/h3-6H,2,16H2,1H3. The maximum Gasteiger partial charge on any atom is 0.435 e. The first-order valence-corrected chi connectivity index (χ1v) is 5.89. The van der Waals surface area contributed by atoms with Gasteiger partial charge in [-0.3, -0.25) is 0 Å². The number of carbonyl (C=O) groups excluding carboxylic acids is 1. The van der Waals surface area contributed by atoms with Crippen LogP contribution in [0.4, 0.5) is 18.9 Å². The summed E-state index contributed by atoms with van der Waals surface area (Å²) < 4.78 is 43.2. The summed E-state index contributed by atoms with van der Waals surface area (Å²) in [5.74, 6) is -0.752. The number of hydrogen-bond acceptors (Lipinski definition) is 5. The molecule has 21 heavy (non-hydrogen) atoms. The second-order valence-corrected chi connectivity index (χ2v) is 3.96. The molecule has 0 radical (unpaired) electrons. The van der Waals surface area contributed by atoms with Gasteiger partial charge >= 0.3 is 12.1 Å². The van der Waals surface area contributed by atoms with E-state index in [1.54, 1.807) is 6.92 Å². The Balaban J connectivity index is 2.43. The zero-order chi connectivity index (χ0) is 15.6. The van der Waals surface area contributed by atoms with Crippen LogP contribution in [0.25, 0.3) is 5.82 Å². The average molecular weight is 300 g/mol. The van der Waals surface area contributed by atoms with E-state index < -0.39 is 17.8 Å². The van der Waals surface area contributed by atoms with Gasteiger partial charge in [0.2, 0.25) is 0 Å². The lowest BCUT2D eigenvalue weighted by atomic mass is 10.2. The van der Waals surface area contributed by atoms with Gasteiger partial charge in [0.1, 0.15) is 0 Å². The molecule has 0 bridgehead atoms. The molecule has 2 aromatic rings. The number of rotatable bonds is 3. The van der Waals surface area contributed by atoms with Crippen molar-refractivity contribution < 1.29 is 22.7 Å². The van der Waals surface area contributed by atoms with E-state index >= 15 is 0 Å². The van der Waals surface area contributed by atoms with Gasteiger partial charge in [0.25, 0.3) is 0 Å². The maximum absolute atomic E-state index is 12.5. The fourth-order valence-corrected chi connectivity index (χ4v) is 1.62. The molecule has 0 aromatic carbocycles. The molecule has 0 spiro atoms. The van der Waals surface area contributed by atoms with Gasteiger partial charge in [-0.05, 0) is 19.1 Å². The lowest BCUT2D eigenvalue weighted by molar-refractivity contribution is -0.141. The minimum Gasteiger partial charge on any atom is -0.462 e. The smallest absolute Gasteiger partial charge is 0.435 e. The average Bonchev–Trinajstić information content (AvgIpc) is 2.88. The highest BCUT2D eigenvalue weighted by Gasteiger charge is 2.34. The molecule has 0 unspecified atom stereocenters. The fraction of sp³-hybridized carbons (Fsp3) is 0.250. The van der Waals surface area contributed by atoms with Crippen LogP contribution in [0.15, 0.2) is 24.5 Å². The number of aromatic nitrogens is 3. The van der Waals surface area contributed by atoms with Crippen LogP contribution in [0.3, 0.4) is 0 Å². The predicted octanol–water partition coefficient (Wildman–Crippen LogP) is 2.04. The molecule has 0 aliphatic rings. The quantitative estimate of drug-likeness (QED) is 0.877. The normalized spacial score (nSPS) is 11.4. The number of ether oxygens (including phenoxy) is 1. The number of pyridine rings is 1. The first-order valence-electron chi connectivity index (χ1n) is 5.89. The molecule has 2 heterocycles. The Kier molecular flexibility index (Phi) is 3.83. The van der Waals surface area contributed by atoms with Crippen LogP contribution in [0, 0.1) is 0 Å². The summed E-state index contributed by atoms with van der Waals surface area (Å²) in [5.41, 5.74) is 4.60. The molecule has 2 N–H and O–H groups in total. The van der Waals surface area contributed by atoms with E-state index in [0.717, 1.165) is 16.9 Å². The number of halogens is 3. The molecule has 0 fully saturated rings. The third kappa shape index (κ3) is 2.96. The minimum absolute atomic E-state index is 0.0194. The summed E-state index contributed by atoms with van der Waals surface area (Å²) >= 11 is 0. The van der Waals surface area contributed by atoms with Crippen molar-refractivity contribution in [2.75, 3.05) is 12.3 Å². The topological polar surface area (TPSA) is 83.0 Å². The van der Waals surface area contributed by atoms with Crippen molar-refractivity contribution in [3.63, 3.8) is 0 Å². The molecule has 2 rings (SSSR count). The number of carbonyl (C=O) groups is 1. The van der Waals surface area contributed by atoms with E-state index in [4.69, 9.17) is 10.5 Å². The highest BCUT2D eigenvalue weighted by molar-refractivity contribution is 5.96. The zero-order valence-corrected chi connectivity index (χ0v) is 10.9. The molecule has 0 saturated carbocycles. The molecule has 112 valence electrons. The Bertz CT molecular complexity index is 667. The number of hydrogen-bond donors (Lipinski definition) is 1. The van der Waals surface area contributed by atoms with E-state index in [-0.39, 0.29) is 23.7 Å². The predicted molar refractivity (Wildman–Crippen MR) is 66.7 cm³/mol. The zero-order valence-electron chi connectivity index (χ0n) is 10.9. The van der Waals surface area contributed by atoms with Gasteiger partial charge in [0, 0.05) is 12.4 Å². The van der Waals surface area contributed by atoms with Crippen molar-refractivity contribution in [1.29, 1.82) is 0 Å². The summed E-state index contributed by atoms with van der Waals surface area (Å²) in [6.45, 7) is 1.77. The van der Waals surface area contributed by atoms with Gasteiger partial charge in [0.15, 0.2) is 11.5 Å². The number of nitrogens with two attached hydrogens (primary N) is 1. The van der Waals surface area contributed by atoms with Gasteiger partial charge in [-0.15, -0.1) is 0 Å². The highest BCUT2D eigenvalue weighted by atomic mass is 19.4. The van der Waals surface area contributed by atoms with Crippen LogP contribution < -0.4 is 5.73 Å². The van der Waals surface area contributed by atoms with E-state index in [1.807, 2.05) is 0 Å². The number of esters is 1. The third-order valence-electron chi connectivity index (χ3n) is 2.56. The van der Waals surface area contributed by atoms with Gasteiger partial charge in [0.05, 0.1) is 17.9 Å². The molecular formula is C12H11F3N4O2. The molecule has 9 heteroatoms. The lowest BCUT2D eigenvalue weighted by Gasteiger charge is -2.09. The first-order chi connectivity index (χ1) is 9.84. The number of alkyl halides is 3. The highest BCUT2D eigenvalue weighted by Crippen LogP contribution is 2.28. The maximum atomic E-state index is 12.5. The summed E-state index contributed by atoms with van der Waals surface area (Å²) in [6.07, 6.45) is -2.26. The van der Waals surface area contributed by atoms with E-state index in [9.17, 15) is 18.0 Å². The Hall–Kier alpha value is -2.58. The molecule has 6 nitrogen and oxygen atoms in total. The number of nitrogens with zero attached hydrogens (tertiary/aromatic N) is 3. The second-order valence-electron chi connectivity index (χ2n) is 3.96. The van der Waals surface area contributed by atoms with Crippen LogP contribution in [0.1, 0.15) is 23.0 Å². The molecule has 0 aliphatic carbocycles. The van der Waals surface area contributed by atoms with Gasteiger partial charge in [-0.1, -0.05) is 0 Å². The van der Waals surface area contributed by atoms with Crippen molar-refractivity contribution >= 4 is 11.7 Å². The van der Waals surface area contributed by atoms with Crippen LogP contribution in [-0.4, -0.2) is 27.3 Å². The van der Waals surface area contributed by atoms with E-state index in [1.165, 1.54) is 12.3 Å². The number of nitrogen functional groups attached to an aromatic ring is 1. The molecule has 0 saturated heterocycles. The molecule has 0 atom stereocenters. The molecular weight excluding hydrogens is 289 g/mol. The lowest BCUT2D eigenvalue weighted by Crippen LogP contribution is -2.13. The Morgan fingerprint density at radius 1 is 1.43 bits per heavy atom. The largest absolute Gasteiger partial charge is 0.462 e. The van der Waals surface area contributed by atoms with Gasteiger partial charge in [-0.25, -0.2) is 14.5 Å². The summed E-state index contributed by atoms with van der Waals surface area (Å²) in [6, 6.07) is 2.11.